The van der Waals surface area contributed by atoms with Crippen LogP contribution < -0.4 is 0 Å². The van der Waals surface area contributed by atoms with Crippen molar-refractivity contribution in [3.8, 4) is 17.3 Å². The molecule has 74 valence electrons. The fourth-order valence-corrected chi connectivity index (χ4v) is 1.69. The molecule has 0 saturated heterocycles. The van der Waals surface area contributed by atoms with Gasteiger partial charge in [0.2, 0.25) is 0 Å². The predicted octanol–water partition coefficient (Wildman–Crippen LogP) is 3.51. The molecular formula is C12H9BrN2. The monoisotopic (exact) mass is 260 g/mol. The van der Waals surface area contributed by atoms with E-state index in [2.05, 4.69) is 27.0 Å². The number of nitrogens with one attached hydrogen (secondary N) is 1. The second kappa shape index (κ2) is 4.33. The third-order valence-electron chi connectivity index (χ3n) is 2.18. The van der Waals surface area contributed by atoms with Crippen LogP contribution in [0.5, 0.6) is 0 Å². The molecule has 1 heterocycles. The van der Waals surface area contributed by atoms with Crippen molar-refractivity contribution >= 4 is 15.9 Å². The minimum absolute atomic E-state index is 0.451. The number of nitriles is 1. The average molecular weight is 261 g/mol. The third kappa shape index (κ3) is 2.28. The summed E-state index contributed by atoms with van der Waals surface area (Å²) in [7, 11) is 0. The van der Waals surface area contributed by atoms with E-state index in [-0.39, 0.29) is 0 Å². The van der Waals surface area contributed by atoms with E-state index in [0.717, 1.165) is 21.3 Å². The first kappa shape index (κ1) is 10.0. The first-order valence-electron chi connectivity index (χ1n) is 4.60. The molecule has 1 aromatic heterocycles. The van der Waals surface area contributed by atoms with E-state index < -0.39 is 0 Å². The maximum absolute atomic E-state index is 8.57. The van der Waals surface area contributed by atoms with Gasteiger partial charge in [-0.3, -0.25) is 0 Å². The van der Waals surface area contributed by atoms with Crippen LogP contribution in [-0.2, 0) is 6.42 Å². The van der Waals surface area contributed by atoms with Gasteiger partial charge in [0.25, 0.3) is 0 Å². The lowest BCUT2D eigenvalue weighted by atomic mass is 10.1. The van der Waals surface area contributed by atoms with E-state index in [1.807, 2.05) is 36.5 Å². The molecule has 0 aliphatic heterocycles. The van der Waals surface area contributed by atoms with Gasteiger partial charge in [-0.1, -0.05) is 28.1 Å². The van der Waals surface area contributed by atoms with Gasteiger partial charge in [0, 0.05) is 16.4 Å². The zero-order chi connectivity index (χ0) is 10.7. The minimum Gasteiger partial charge on any atom is -0.361 e. The summed E-state index contributed by atoms with van der Waals surface area (Å²) in [5.74, 6) is 0. The molecule has 0 unspecified atom stereocenters. The summed E-state index contributed by atoms with van der Waals surface area (Å²) in [6.07, 6.45) is 2.33. The van der Waals surface area contributed by atoms with Gasteiger partial charge >= 0.3 is 0 Å². The summed E-state index contributed by atoms with van der Waals surface area (Å²) in [6.45, 7) is 0. The van der Waals surface area contributed by atoms with Crippen molar-refractivity contribution in [2.24, 2.45) is 0 Å². The molecule has 1 aromatic carbocycles. The molecule has 1 N–H and O–H groups in total. The van der Waals surface area contributed by atoms with Gasteiger partial charge in [-0.05, 0) is 29.3 Å². The van der Waals surface area contributed by atoms with E-state index in [9.17, 15) is 0 Å². The van der Waals surface area contributed by atoms with Gasteiger partial charge in [0.05, 0.1) is 12.5 Å². The fourth-order valence-electron chi connectivity index (χ4n) is 1.43. The number of nitrogens with zero attached hydrogens (tertiary/aromatic N) is 1. The number of rotatable bonds is 2. The van der Waals surface area contributed by atoms with Crippen molar-refractivity contribution < 1.29 is 0 Å². The highest BCUT2D eigenvalue weighted by Crippen LogP contribution is 2.21. The van der Waals surface area contributed by atoms with Gasteiger partial charge in [0.1, 0.15) is 0 Å². The lowest BCUT2D eigenvalue weighted by molar-refractivity contribution is 1.26. The van der Waals surface area contributed by atoms with Crippen molar-refractivity contribution in [2.75, 3.05) is 0 Å². The number of benzene rings is 1. The van der Waals surface area contributed by atoms with Crippen LogP contribution in [0.3, 0.4) is 0 Å². The maximum Gasteiger partial charge on any atom is 0.0670 e. The SMILES string of the molecule is N#CCc1c[nH]c(-c2ccc(Br)cc2)c1. The van der Waals surface area contributed by atoms with E-state index in [1.165, 1.54) is 0 Å². The number of hydrogen-bond acceptors (Lipinski definition) is 1. The van der Waals surface area contributed by atoms with Crippen molar-refractivity contribution in [1.82, 2.24) is 4.98 Å². The average Bonchev–Trinajstić information content (AvgIpc) is 2.68. The van der Waals surface area contributed by atoms with Crippen LogP contribution in [0.2, 0.25) is 0 Å². The van der Waals surface area contributed by atoms with E-state index in [1.54, 1.807) is 0 Å². The molecule has 0 saturated carbocycles. The Kier molecular flexibility index (Phi) is 2.89. The molecule has 15 heavy (non-hydrogen) atoms. The first-order chi connectivity index (χ1) is 7.29. The largest absolute Gasteiger partial charge is 0.361 e. The molecule has 0 radical (unpaired) electrons. The standard InChI is InChI=1S/C12H9BrN2/c13-11-3-1-10(2-4-11)12-7-9(5-6-14)8-15-12/h1-4,7-8,15H,5H2. The Balaban J connectivity index is 2.30. The van der Waals surface area contributed by atoms with Crippen molar-refractivity contribution in [3.63, 3.8) is 0 Å². The van der Waals surface area contributed by atoms with Gasteiger partial charge in [-0.2, -0.15) is 5.26 Å². The first-order valence-corrected chi connectivity index (χ1v) is 5.39. The van der Waals surface area contributed by atoms with Crippen molar-refractivity contribution in [1.29, 1.82) is 5.26 Å². The molecule has 0 spiro atoms. The second-order valence-corrected chi connectivity index (χ2v) is 4.18. The molecule has 0 aliphatic rings. The zero-order valence-electron chi connectivity index (χ0n) is 8.00. The molecule has 2 nitrogen and oxygen atoms in total. The number of halogens is 1. The van der Waals surface area contributed by atoms with Crippen LogP contribution >= 0.6 is 15.9 Å². The highest BCUT2D eigenvalue weighted by molar-refractivity contribution is 9.10. The summed E-state index contributed by atoms with van der Waals surface area (Å²) < 4.78 is 1.06. The third-order valence-corrected chi connectivity index (χ3v) is 2.71. The number of H-pyrrole nitrogens is 1. The van der Waals surface area contributed by atoms with Crippen molar-refractivity contribution in [3.05, 3.63) is 46.6 Å². The summed E-state index contributed by atoms with van der Waals surface area (Å²) in [4.78, 5) is 3.16. The molecular weight excluding hydrogens is 252 g/mol. The maximum atomic E-state index is 8.57. The molecule has 0 atom stereocenters. The van der Waals surface area contributed by atoms with E-state index in [0.29, 0.717) is 6.42 Å². The van der Waals surface area contributed by atoms with Crippen LogP contribution in [0.4, 0.5) is 0 Å². The van der Waals surface area contributed by atoms with Crippen LogP contribution in [0, 0.1) is 11.3 Å². The van der Waals surface area contributed by atoms with Crippen LogP contribution in [0.1, 0.15) is 5.56 Å². The van der Waals surface area contributed by atoms with Gasteiger partial charge in [-0.15, -0.1) is 0 Å². The fraction of sp³-hybridized carbons (Fsp3) is 0.0833. The summed E-state index contributed by atoms with van der Waals surface area (Å²) >= 11 is 3.39. The van der Waals surface area contributed by atoms with Crippen LogP contribution in [0.15, 0.2) is 41.0 Å². The van der Waals surface area contributed by atoms with E-state index >= 15 is 0 Å². The zero-order valence-corrected chi connectivity index (χ0v) is 9.58. The number of hydrogen-bond donors (Lipinski definition) is 1. The lowest BCUT2D eigenvalue weighted by Crippen LogP contribution is -1.75. The Labute approximate surface area is 96.7 Å². The smallest absolute Gasteiger partial charge is 0.0670 e. The Morgan fingerprint density at radius 1 is 1.27 bits per heavy atom. The number of aromatic amines is 1. The molecule has 3 heteroatoms. The van der Waals surface area contributed by atoms with Gasteiger partial charge in [-0.25, -0.2) is 0 Å². The van der Waals surface area contributed by atoms with Gasteiger partial charge in [0.15, 0.2) is 0 Å². The quantitative estimate of drug-likeness (QED) is 0.882. The van der Waals surface area contributed by atoms with Gasteiger partial charge < -0.3 is 4.98 Å². The Morgan fingerprint density at radius 2 is 2.00 bits per heavy atom. The summed E-state index contributed by atoms with van der Waals surface area (Å²) in [6, 6.07) is 12.2. The molecule has 2 rings (SSSR count). The Morgan fingerprint density at radius 3 is 2.67 bits per heavy atom. The topological polar surface area (TPSA) is 39.6 Å². The van der Waals surface area contributed by atoms with Crippen LogP contribution in [-0.4, -0.2) is 4.98 Å². The Hall–Kier alpha value is -1.53. The predicted molar refractivity (Wildman–Crippen MR) is 63.2 cm³/mol. The van der Waals surface area contributed by atoms with E-state index in [4.69, 9.17) is 5.26 Å². The summed E-state index contributed by atoms with van der Waals surface area (Å²) in [5, 5.41) is 8.57. The molecule has 0 amide bonds. The molecule has 0 aliphatic carbocycles. The second-order valence-electron chi connectivity index (χ2n) is 3.26. The highest BCUT2D eigenvalue weighted by Gasteiger charge is 2.01. The normalized spacial score (nSPS) is 9.87. The van der Waals surface area contributed by atoms with Crippen LogP contribution in [0.25, 0.3) is 11.3 Å². The summed E-state index contributed by atoms with van der Waals surface area (Å²) in [5.41, 5.74) is 3.20. The molecule has 0 bridgehead atoms. The molecule has 2 aromatic rings. The lowest BCUT2D eigenvalue weighted by Gasteiger charge is -1.97. The minimum atomic E-state index is 0.451. The highest BCUT2D eigenvalue weighted by atomic mass is 79.9. The number of aromatic nitrogens is 1. The molecule has 0 fully saturated rings. The van der Waals surface area contributed by atoms with Crippen molar-refractivity contribution in [2.45, 2.75) is 6.42 Å². The Bertz CT molecular complexity index is 491.